The molecule has 0 radical (unpaired) electrons. The van der Waals surface area contributed by atoms with E-state index in [4.69, 9.17) is 20.3 Å². The Kier molecular flexibility index (Phi) is 8.68. The summed E-state index contributed by atoms with van der Waals surface area (Å²) in [5, 5.41) is 9.55. The van der Waals surface area contributed by atoms with Gasteiger partial charge in [0.2, 0.25) is 0 Å². The summed E-state index contributed by atoms with van der Waals surface area (Å²) in [7, 11) is 0. The highest BCUT2D eigenvalue weighted by Gasteiger charge is 2.35. The molecule has 1 heterocycles. The fourth-order valence-corrected chi connectivity index (χ4v) is 3.37. The van der Waals surface area contributed by atoms with Gasteiger partial charge in [0.1, 0.15) is 17.4 Å². The summed E-state index contributed by atoms with van der Waals surface area (Å²) in [6, 6.07) is 3.25. The molecule has 1 unspecified atom stereocenters. The van der Waals surface area contributed by atoms with Crippen molar-refractivity contribution in [1.29, 1.82) is 0 Å². The van der Waals surface area contributed by atoms with Crippen LogP contribution in [0, 0.1) is 0 Å². The molecule has 0 aliphatic heterocycles. The molecular weight excluding hydrogens is 393 g/mol. The second-order valence-electron chi connectivity index (χ2n) is 6.23. The van der Waals surface area contributed by atoms with E-state index in [1.165, 1.54) is 12.3 Å². The lowest BCUT2D eigenvalue weighted by molar-refractivity contribution is -0.139. The maximum Gasteiger partial charge on any atom is 0.419 e. The zero-order chi connectivity index (χ0) is 20.6. The summed E-state index contributed by atoms with van der Waals surface area (Å²) in [4.78, 5) is 4.61. The molecular formula is C19H25F3N2O3S. The number of halogens is 3. The number of unbranched alkanes of at least 4 members (excludes halogenated alkanes) is 2. The topological polar surface area (TPSA) is 77.6 Å². The lowest BCUT2D eigenvalue weighted by atomic mass is 10.1. The predicted octanol–water partition coefficient (Wildman–Crippen LogP) is 4.41. The second kappa shape index (κ2) is 10.8. The van der Waals surface area contributed by atoms with E-state index in [-0.39, 0.29) is 25.6 Å². The SMILES string of the molecule is CCCCCOCCOc1ccc(-c2cnc(C(N)CO)s2)cc1C(F)(F)F. The van der Waals surface area contributed by atoms with Crippen LogP contribution in [0.2, 0.25) is 0 Å². The van der Waals surface area contributed by atoms with Gasteiger partial charge in [-0.1, -0.05) is 19.8 Å². The van der Waals surface area contributed by atoms with Crippen molar-refractivity contribution in [2.24, 2.45) is 5.73 Å². The van der Waals surface area contributed by atoms with Gasteiger partial charge in [-0.05, 0) is 30.2 Å². The van der Waals surface area contributed by atoms with E-state index in [1.807, 2.05) is 0 Å². The van der Waals surface area contributed by atoms with Gasteiger partial charge in [0.05, 0.1) is 29.7 Å². The van der Waals surface area contributed by atoms with Crippen molar-refractivity contribution in [1.82, 2.24) is 4.98 Å². The largest absolute Gasteiger partial charge is 0.491 e. The zero-order valence-electron chi connectivity index (χ0n) is 15.7. The molecule has 2 aromatic rings. The minimum Gasteiger partial charge on any atom is -0.491 e. The number of hydrogen-bond donors (Lipinski definition) is 2. The molecule has 1 atom stereocenters. The van der Waals surface area contributed by atoms with E-state index in [9.17, 15) is 13.2 Å². The molecule has 1 aromatic carbocycles. The fraction of sp³-hybridized carbons (Fsp3) is 0.526. The first kappa shape index (κ1) is 22.6. The van der Waals surface area contributed by atoms with E-state index < -0.39 is 17.8 Å². The summed E-state index contributed by atoms with van der Waals surface area (Å²) in [6.45, 7) is 2.66. The zero-order valence-corrected chi connectivity index (χ0v) is 16.5. The molecule has 28 heavy (non-hydrogen) atoms. The highest BCUT2D eigenvalue weighted by atomic mass is 32.1. The standard InChI is InChI=1S/C19H25F3N2O3S/c1-2-3-4-7-26-8-9-27-16-6-5-13(10-14(16)19(20,21)22)17-11-24-18(28-17)15(23)12-25/h5-6,10-11,15,25H,2-4,7-9,12,23H2,1H3. The summed E-state index contributed by atoms with van der Waals surface area (Å²) in [5.74, 6) is -0.231. The molecule has 9 heteroatoms. The van der Waals surface area contributed by atoms with Gasteiger partial charge in [0.25, 0.3) is 0 Å². The molecule has 0 fully saturated rings. The Morgan fingerprint density at radius 1 is 1.21 bits per heavy atom. The Bertz CT molecular complexity index is 737. The van der Waals surface area contributed by atoms with E-state index in [0.717, 1.165) is 36.7 Å². The number of aliphatic hydroxyl groups excluding tert-OH is 1. The number of nitrogens with zero attached hydrogens (tertiary/aromatic N) is 1. The molecule has 0 bridgehead atoms. The van der Waals surface area contributed by atoms with Crippen molar-refractivity contribution in [3.63, 3.8) is 0 Å². The normalized spacial score (nSPS) is 12.9. The smallest absolute Gasteiger partial charge is 0.419 e. The Balaban J connectivity index is 2.08. The Hall–Kier alpha value is -1.68. The number of thiazole rings is 1. The Morgan fingerprint density at radius 2 is 2.00 bits per heavy atom. The van der Waals surface area contributed by atoms with Gasteiger partial charge >= 0.3 is 6.18 Å². The molecule has 0 aliphatic rings. The molecule has 1 aromatic heterocycles. The second-order valence-corrected chi connectivity index (χ2v) is 7.29. The van der Waals surface area contributed by atoms with Crippen molar-refractivity contribution in [3.05, 3.63) is 35.0 Å². The van der Waals surface area contributed by atoms with Crippen molar-refractivity contribution in [3.8, 4) is 16.2 Å². The van der Waals surface area contributed by atoms with E-state index in [0.29, 0.717) is 22.1 Å². The average molecular weight is 418 g/mol. The average Bonchev–Trinajstić information content (AvgIpc) is 3.16. The number of benzene rings is 1. The number of ether oxygens (including phenoxy) is 2. The molecule has 0 aliphatic carbocycles. The lowest BCUT2D eigenvalue weighted by Gasteiger charge is -2.15. The van der Waals surface area contributed by atoms with Crippen LogP contribution in [-0.4, -0.2) is 36.5 Å². The number of rotatable bonds is 11. The molecule has 0 saturated heterocycles. The van der Waals surface area contributed by atoms with E-state index in [2.05, 4.69) is 11.9 Å². The highest BCUT2D eigenvalue weighted by Crippen LogP contribution is 2.40. The third kappa shape index (κ3) is 6.44. The van der Waals surface area contributed by atoms with Crippen LogP contribution in [0.25, 0.3) is 10.4 Å². The minimum atomic E-state index is -4.55. The molecule has 0 spiro atoms. The van der Waals surface area contributed by atoms with Crippen LogP contribution in [-0.2, 0) is 10.9 Å². The van der Waals surface area contributed by atoms with Gasteiger partial charge in [0, 0.05) is 12.8 Å². The first-order valence-electron chi connectivity index (χ1n) is 9.11. The number of aliphatic hydroxyl groups is 1. The maximum atomic E-state index is 13.5. The minimum absolute atomic E-state index is 0.0462. The van der Waals surface area contributed by atoms with Crippen LogP contribution in [0.15, 0.2) is 24.4 Å². The summed E-state index contributed by atoms with van der Waals surface area (Å²) in [5.41, 5.74) is 5.22. The van der Waals surface area contributed by atoms with Crippen molar-refractivity contribution < 1.29 is 27.8 Å². The number of nitrogens with two attached hydrogens (primary N) is 1. The summed E-state index contributed by atoms with van der Waals surface area (Å²) >= 11 is 1.15. The molecule has 5 nitrogen and oxygen atoms in total. The number of hydrogen-bond acceptors (Lipinski definition) is 6. The Labute approximate surface area is 166 Å². The van der Waals surface area contributed by atoms with Gasteiger partial charge in [-0.3, -0.25) is 0 Å². The summed E-state index contributed by atoms with van der Waals surface area (Å²) in [6.07, 6.45) is -0.0365. The van der Waals surface area contributed by atoms with Crippen LogP contribution in [0.4, 0.5) is 13.2 Å². The monoisotopic (exact) mass is 418 g/mol. The quantitative estimate of drug-likeness (QED) is 0.529. The van der Waals surface area contributed by atoms with E-state index >= 15 is 0 Å². The number of alkyl halides is 3. The van der Waals surface area contributed by atoms with Gasteiger partial charge in [-0.25, -0.2) is 4.98 Å². The maximum absolute atomic E-state index is 13.5. The third-order valence-corrected chi connectivity index (χ3v) is 5.16. The first-order chi connectivity index (χ1) is 13.4. The van der Waals surface area contributed by atoms with Gasteiger partial charge in [-0.2, -0.15) is 13.2 Å². The van der Waals surface area contributed by atoms with Gasteiger partial charge < -0.3 is 20.3 Å². The van der Waals surface area contributed by atoms with Crippen molar-refractivity contribution >= 4 is 11.3 Å². The highest BCUT2D eigenvalue weighted by molar-refractivity contribution is 7.15. The van der Waals surface area contributed by atoms with Crippen LogP contribution in [0.5, 0.6) is 5.75 Å². The van der Waals surface area contributed by atoms with Gasteiger partial charge in [-0.15, -0.1) is 11.3 Å². The van der Waals surface area contributed by atoms with Crippen molar-refractivity contribution in [2.75, 3.05) is 26.4 Å². The summed E-state index contributed by atoms with van der Waals surface area (Å²) < 4.78 is 51.1. The molecule has 0 saturated carbocycles. The lowest BCUT2D eigenvalue weighted by Crippen LogP contribution is -2.13. The first-order valence-corrected chi connectivity index (χ1v) is 9.92. The predicted molar refractivity (Wildman–Crippen MR) is 102 cm³/mol. The van der Waals surface area contributed by atoms with E-state index in [1.54, 1.807) is 6.07 Å². The molecule has 156 valence electrons. The van der Waals surface area contributed by atoms with Crippen molar-refractivity contribution in [2.45, 2.75) is 38.4 Å². The molecule has 2 rings (SSSR count). The third-order valence-electron chi connectivity index (χ3n) is 3.98. The van der Waals surface area contributed by atoms with Crippen LogP contribution in [0.3, 0.4) is 0 Å². The van der Waals surface area contributed by atoms with Crippen LogP contribution in [0.1, 0.15) is 42.8 Å². The Morgan fingerprint density at radius 3 is 2.68 bits per heavy atom. The fourth-order valence-electron chi connectivity index (χ4n) is 2.47. The van der Waals surface area contributed by atoms with Crippen LogP contribution < -0.4 is 10.5 Å². The number of aromatic nitrogens is 1. The van der Waals surface area contributed by atoms with Crippen LogP contribution >= 0.6 is 11.3 Å². The van der Waals surface area contributed by atoms with Gasteiger partial charge in [0.15, 0.2) is 0 Å². The molecule has 0 amide bonds. The molecule has 3 N–H and O–H groups in total.